The summed E-state index contributed by atoms with van der Waals surface area (Å²) in [7, 11) is -10.8. The first-order chi connectivity index (χ1) is 33.9. The standard InChI is InChI=1S/C51H95N3O15P2/c1-5-42(4)33-29-25-21-17-14-15-18-22-26-30-34-46(55)64-38-43(67-47(56)35-31-27-23-19-13-11-9-7-6-8-10-12-16-20-24-28-32-41(2)3)39-65-70(60,61)69-71(62,63)66-40-44-48(57)49(58)50(68-44)54-37-36-45(52)53-51(54)59/h36-37,41-44,48-50,57-58H,5-35,38-40H2,1-4H3,(H,60,61)(H,62,63)(H2,52,53,59)/t42?,43-,44-,48+,49?,50-/m1/s1. The molecule has 1 aliphatic heterocycles. The van der Waals surface area contributed by atoms with Gasteiger partial charge in [0.05, 0.1) is 13.2 Å². The molecule has 0 saturated carbocycles. The van der Waals surface area contributed by atoms with Gasteiger partial charge in [-0.2, -0.15) is 9.29 Å². The second-order valence-corrected chi connectivity index (χ2v) is 23.2. The first kappa shape index (κ1) is 64.9. The molecule has 1 aromatic heterocycles. The number of phosphoric acid groups is 2. The van der Waals surface area contributed by atoms with Crippen LogP contribution in [0, 0.1) is 11.8 Å². The number of nitrogens with two attached hydrogens (primary N) is 1. The van der Waals surface area contributed by atoms with Crippen LogP contribution >= 0.6 is 15.6 Å². The third-order valence-corrected chi connectivity index (χ3v) is 15.8. The predicted molar refractivity (Wildman–Crippen MR) is 275 cm³/mol. The van der Waals surface area contributed by atoms with Crippen LogP contribution in [-0.2, 0) is 46.3 Å². The zero-order valence-corrected chi connectivity index (χ0v) is 45.7. The average Bonchev–Trinajstić information content (AvgIpc) is 3.59. The molecule has 1 saturated heterocycles. The Labute approximate surface area is 425 Å². The molecule has 0 amide bonds. The number of unbranched alkanes of at least 4 members (excludes halogenated alkanes) is 24. The number of carbonyl (C=O) groups excluding carboxylic acids is 2. The molecule has 0 radical (unpaired) electrons. The maximum absolute atomic E-state index is 12.9. The van der Waals surface area contributed by atoms with Gasteiger partial charge in [-0.15, -0.1) is 0 Å². The van der Waals surface area contributed by atoms with Gasteiger partial charge in [0.2, 0.25) is 0 Å². The minimum absolute atomic E-state index is 0.0573. The molecule has 2 rings (SSSR count). The number of hydrogen-bond donors (Lipinski definition) is 5. The SMILES string of the molecule is CCC(C)CCCCCCCCCCCCC(=O)OC[C@H](COP(=O)(O)OP(=O)(O)OC[C@H]1O[C@@H](n2ccc(N)nc2=O)C(O)[C@H]1O)OC(=O)CCCCCCCCCCCCCCCCCCC(C)C. The fraction of sp³-hybridized carbons (Fsp3) is 0.882. The topological polar surface area (TPSA) is 265 Å². The van der Waals surface area contributed by atoms with E-state index < -0.39 is 83.7 Å². The Bertz CT molecular complexity index is 1720. The molecule has 0 aliphatic carbocycles. The Morgan fingerprint density at radius 2 is 1.13 bits per heavy atom. The molecule has 1 aromatic rings. The Kier molecular flexibility index (Phi) is 35.0. The summed E-state index contributed by atoms with van der Waals surface area (Å²) < 4.78 is 56.9. The molecular weight excluding hydrogens is 957 g/mol. The minimum atomic E-state index is -5.42. The lowest BCUT2D eigenvalue weighted by Gasteiger charge is -2.21. The number of carbonyl (C=O) groups is 2. The van der Waals surface area contributed by atoms with Crippen molar-refractivity contribution in [1.29, 1.82) is 0 Å². The normalized spacial score (nSPS) is 19.6. The van der Waals surface area contributed by atoms with Crippen molar-refractivity contribution in [3.8, 4) is 0 Å². The van der Waals surface area contributed by atoms with Gasteiger partial charge in [0.25, 0.3) is 0 Å². The largest absolute Gasteiger partial charge is 0.481 e. The average molecular weight is 1050 g/mol. The number of anilines is 1. The Hall–Kier alpha value is -2.24. The Morgan fingerprint density at radius 1 is 0.676 bits per heavy atom. The molecular formula is C51H95N3O15P2. The summed E-state index contributed by atoms with van der Waals surface area (Å²) in [5.41, 5.74) is 4.60. The lowest BCUT2D eigenvalue weighted by Crippen LogP contribution is -2.36. The number of rotatable bonds is 45. The quantitative estimate of drug-likeness (QED) is 0.0231. The van der Waals surface area contributed by atoms with Gasteiger partial charge < -0.3 is 39.9 Å². The fourth-order valence-corrected chi connectivity index (χ4v) is 10.6. The highest BCUT2D eigenvalue weighted by molar-refractivity contribution is 7.61. The zero-order valence-electron chi connectivity index (χ0n) is 43.9. The molecule has 18 nitrogen and oxygen atoms in total. The molecule has 4 unspecified atom stereocenters. The van der Waals surface area contributed by atoms with E-state index in [9.17, 15) is 43.5 Å². The number of hydrogen-bond acceptors (Lipinski definition) is 15. The van der Waals surface area contributed by atoms with Crippen LogP contribution in [0.15, 0.2) is 17.1 Å². The van der Waals surface area contributed by atoms with Gasteiger partial charge in [-0.05, 0) is 30.7 Å². The van der Waals surface area contributed by atoms with Crippen LogP contribution in [0.5, 0.6) is 0 Å². The van der Waals surface area contributed by atoms with Crippen molar-refractivity contribution in [3.63, 3.8) is 0 Å². The van der Waals surface area contributed by atoms with Crippen LogP contribution in [0.25, 0.3) is 0 Å². The summed E-state index contributed by atoms with van der Waals surface area (Å²) in [6, 6.07) is 1.25. The molecule has 2 heterocycles. The van der Waals surface area contributed by atoms with E-state index >= 15 is 0 Å². The highest BCUT2D eigenvalue weighted by atomic mass is 31.3. The third kappa shape index (κ3) is 32.0. The highest BCUT2D eigenvalue weighted by Crippen LogP contribution is 2.60. The van der Waals surface area contributed by atoms with E-state index in [0.29, 0.717) is 12.8 Å². The van der Waals surface area contributed by atoms with Crippen LogP contribution < -0.4 is 11.4 Å². The van der Waals surface area contributed by atoms with Gasteiger partial charge in [-0.1, -0.05) is 201 Å². The van der Waals surface area contributed by atoms with Gasteiger partial charge in [-0.25, -0.2) is 13.9 Å². The van der Waals surface area contributed by atoms with Crippen molar-refractivity contribution in [2.75, 3.05) is 25.6 Å². The van der Waals surface area contributed by atoms with E-state index in [1.807, 2.05) is 0 Å². The molecule has 8 atom stereocenters. The molecule has 414 valence electrons. The summed E-state index contributed by atoms with van der Waals surface area (Å²) in [4.78, 5) is 62.0. The van der Waals surface area contributed by atoms with Crippen molar-refractivity contribution < 1.29 is 66.3 Å². The van der Waals surface area contributed by atoms with Crippen LogP contribution in [0.1, 0.15) is 233 Å². The monoisotopic (exact) mass is 1050 g/mol. The summed E-state index contributed by atoms with van der Waals surface area (Å²) in [5.74, 6) is 0.339. The molecule has 1 aliphatic rings. The fourth-order valence-electron chi connectivity index (χ4n) is 8.54. The molecule has 0 bridgehead atoms. The second kappa shape index (κ2) is 38.3. The van der Waals surface area contributed by atoms with E-state index in [2.05, 4.69) is 37.0 Å². The number of aromatic nitrogens is 2. The number of nitrogen functional groups attached to an aromatic ring is 1. The van der Waals surface area contributed by atoms with Crippen LogP contribution in [0.3, 0.4) is 0 Å². The lowest BCUT2D eigenvalue weighted by molar-refractivity contribution is -0.161. The zero-order chi connectivity index (χ0) is 52.3. The number of aliphatic hydroxyl groups is 2. The maximum Gasteiger partial charge on any atom is 0.481 e. The van der Waals surface area contributed by atoms with Gasteiger partial charge in [0, 0.05) is 19.0 Å². The van der Waals surface area contributed by atoms with E-state index in [1.54, 1.807) is 0 Å². The predicted octanol–water partition coefficient (Wildman–Crippen LogP) is 11.6. The van der Waals surface area contributed by atoms with Crippen LogP contribution in [0.2, 0.25) is 0 Å². The summed E-state index contributed by atoms with van der Waals surface area (Å²) in [5, 5.41) is 20.9. The minimum Gasteiger partial charge on any atom is -0.462 e. The number of phosphoric ester groups is 2. The molecule has 20 heteroatoms. The van der Waals surface area contributed by atoms with Crippen molar-refractivity contribution in [1.82, 2.24) is 9.55 Å². The summed E-state index contributed by atoms with van der Waals surface area (Å²) in [6.07, 6.45) is 27.5. The number of aliphatic hydroxyl groups excluding tert-OH is 2. The van der Waals surface area contributed by atoms with Crippen molar-refractivity contribution in [2.24, 2.45) is 11.8 Å². The van der Waals surface area contributed by atoms with Crippen molar-refractivity contribution in [2.45, 2.75) is 257 Å². The van der Waals surface area contributed by atoms with Gasteiger partial charge >= 0.3 is 33.3 Å². The molecule has 0 aromatic carbocycles. The van der Waals surface area contributed by atoms with Crippen LogP contribution in [0.4, 0.5) is 5.82 Å². The van der Waals surface area contributed by atoms with Crippen molar-refractivity contribution >= 4 is 33.4 Å². The second-order valence-electron chi connectivity index (χ2n) is 20.2. The first-order valence-electron chi connectivity index (χ1n) is 27.3. The molecule has 71 heavy (non-hydrogen) atoms. The van der Waals surface area contributed by atoms with Gasteiger partial charge in [-0.3, -0.25) is 23.2 Å². The highest BCUT2D eigenvalue weighted by Gasteiger charge is 2.46. The number of ether oxygens (including phenoxy) is 3. The van der Waals surface area contributed by atoms with Crippen LogP contribution in [-0.4, -0.2) is 85.7 Å². The van der Waals surface area contributed by atoms with E-state index in [4.69, 9.17) is 29.0 Å². The maximum atomic E-state index is 12.9. The van der Waals surface area contributed by atoms with E-state index in [-0.39, 0.29) is 18.7 Å². The number of esters is 2. The third-order valence-electron chi connectivity index (χ3n) is 13.2. The number of nitrogens with zero attached hydrogens (tertiary/aromatic N) is 2. The first-order valence-corrected chi connectivity index (χ1v) is 30.3. The molecule has 1 fully saturated rings. The Morgan fingerprint density at radius 3 is 1.61 bits per heavy atom. The molecule has 0 spiro atoms. The summed E-state index contributed by atoms with van der Waals surface area (Å²) >= 11 is 0. The van der Waals surface area contributed by atoms with E-state index in [0.717, 1.165) is 67.8 Å². The molecule has 6 N–H and O–H groups in total. The van der Waals surface area contributed by atoms with Crippen molar-refractivity contribution in [3.05, 3.63) is 22.7 Å². The Balaban J connectivity index is 1.76. The van der Waals surface area contributed by atoms with E-state index in [1.165, 1.54) is 134 Å². The summed E-state index contributed by atoms with van der Waals surface area (Å²) in [6.45, 7) is 6.86. The lowest BCUT2D eigenvalue weighted by atomic mass is 9.99. The van der Waals surface area contributed by atoms with Gasteiger partial charge in [0.1, 0.15) is 30.7 Å². The van der Waals surface area contributed by atoms with Gasteiger partial charge in [0.15, 0.2) is 12.3 Å². The smallest absolute Gasteiger partial charge is 0.462 e.